The highest BCUT2D eigenvalue weighted by Gasteiger charge is 2.07. The minimum absolute atomic E-state index is 0.296. The summed E-state index contributed by atoms with van der Waals surface area (Å²) in [6.07, 6.45) is 2.72. The number of ether oxygens (including phenoxy) is 2. The van der Waals surface area contributed by atoms with E-state index in [1.54, 1.807) is 6.07 Å². The first-order valence-electron chi connectivity index (χ1n) is 10.3. The van der Waals surface area contributed by atoms with Crippen LogP contribution in [0.1, 0.15) is 17.5 Å². The van der Waals surface area contributed by atoms with Crippen LogP contribution >= 0.6 is 0 Å². The molecule has 0 heterocycles. The summed E-state index contributed by atoms with van der Waals surface area (Å²) < 4.78 is 24.7. The highest BCUT2D eigenvalue weighted by atomic mass is 19.1. The Kier molecular flexibility index (Phi) is 7.86. The van der Waals surface area contributed by atoms with Gasteiger partial charge >= 0.3 is 0 Å². The van der Waals surface area contributed by atoms with Gasteiger partial charge in [0.1, 0.15) is 5.75 Å². The van der Waals surface area contributed by atoms with Gasteiger partial charge in [0.2, 0.25) is 0 Å². The molecule has 3 aromatic rings. The maximum absolute atomic E-state index is 13.6. The Hall–Kier alpha value is -2.85. The third kappa shape index (κ3) is 6.07. The number of halogens is 1. The molecule has 0 unspecified atom stereocenters. The lowest BCUT2D eigenvalue weighted by molar-refractivity contribution is 0.282. The number of para-hydroxylation sites is 1. The molecule has 0 spiro atoms. The molecule has 0 fully saturated rings. The van der Waals surface area contributed by atoms with E-state index in [1.165, 1.54) is 18.7 Å². The maximum Gasteiger partial charge on any atom is 0.165 e. The van der Waals surface area contributed by atoms with Crippen LogP contribution in [-0.2, 0) is 12.8 Å². The Morgan fingerprint density at radius 1 is 0.833 bits per heavy atom. The van der Waals surface area contributed by atoms with Crippen LogP contribution in [0.3, 0.4) is 0 Å². The van der Waals surface area contributed by atoms with Gasteiger partial charge in [0.25, 0.3) is 0 Å². The molecule has 0 aliphatic rings. The van der Waals surface area contributed by atoms with Crippen LogP contribution in [-0.4, -0.2) is 39.3 Å². The number of nitrogens with zero attached hydrogens (tertiary/aromatic N) is 1. The van der Waals surface area contributed by atoms with Gasteiger partial charge in [0.15, 0.2) is 11.6 Å². The lowest BCUT2D eigenvalue weighted by Gasteiger charge is -2.14. The van der Waals surface area contributed by atoms with Gasteiger partial charge < -0.3 is 14.4 Å². The van der Waals surface area contributed by atoms with Gasteiger partial charge in [-0.2, -0.15) is 0 Å². The third-order valence-electron chi connectivity index (χ3n) is 5.08. The Morgan fingerprint density at radius 2 is 1.53 bits per heavy atom. The smallest absolute Gasteiger partial charge is 0.165 e. The van der Waals surface area contributed by atoms with E-state index in [9.17, 15) is 4.39 Å². The zero-order valence-electron chi connectivity index (χ0n) is 18.0. The molecule has 0 aromatic heterocycles. The van der Waals surface area contributed by atoms with Gasteiger partial charge in [0, 0.05) is 12.1 Å². The average Bonchev–Trinajstić information content (AvgIpc) is 2.77. The van der Waals surface area contributed by atoms with Gasteiger partial charge in [-0.25, -0.2) is 4.39 Å². The van der Waals surface area contributed by atoms with Crippen molar-refractivity contribution in [3.8, 4) is 22.6 Å². The fourth-order valence-electron chi connectivity index (χ4n) is 3.39. The van der Waals surface area contributed by atoms with Crippen LogP contribution in [0.15, 0.2) is 66.7 Å². The molecule has 0 saturated carbocycles. The number of benzene rings is 3. The minimum atomic E-state index is -0.326. The molecule has 0 radical (unpaired) electrons. The van der Waals surface area contributed by atoms with Crippen LogP contribution in [0.25, 0.3) is 11.1 Å². The van der Waals surface area contributed by atoms with E-state index in [0.717, 1.165) is 48.2 Å². The summed E-state index contributed by atoms with van der Waals surface area (Å²) >= 11 is 0. The lowest BCUT2D eigenvalue weighted by Crippen LogP contribution is -2.15. The van der Waals surface area contributed by atoms with Gasteiger partial charge in [-0.05, 0) is 68.2 Å². The lowest BCUT2D eigenvalue weighted by atomic mass is 9.99. The molecule has 3 aromatic carbocycles. The fourth-order valence-corrected chi connectivity index (χ4v) is 3.39. The standard InChI is InChI=1S/C26H30FNO2/c1-28(2)17-6-18-30-25-8-5-4-7-23(25)22-14-11-20(12-15-22)9-10-21-13-16-24(27)26(19-21)29-3/h4-5,7-8,11-16,19H,6,9-10,17-18H2,1-3H3. The first-order chi connectivity index (χ1) is 14.6. The number of methoxy groups -OCH3 is 1. The van der Waals surface area contributed by atoms with Crippen LogP contribution < -0.4 is 9.47 Å². The summed E-state index contributed by atoms with van der Waals surface area (Å²) in [4.78, 5) is 2.16. The monoisotopic (exact) mass is 407 g/mol. The second-order valence-electron chi connectivity index (χ2n) is 7.67. The molecular formula is C26H30FNO2. The van der Waals surface area contributed by atoms with Crippen molar-refractivity contribution in [1.29, 1.82) is 0 Å². The molecule has 0 amide bonds. The molecule has 0 bridgehead atoms. The molecule has 3 rings (SSSR count). The van der Waals surface area contributed by atoms with E-state index < -0.39 is 0 Å². The van der Waals surface area contributed by atoms with Crippen molar-refractivity contribution in [2.75, 3.05) is 34.4 Å². The van der Waals surface area contributed by atoms with E-state index in [1.807, 2.05) is 24.3 Å². The van der Waals surface area contributed by atoms with Crippen LogP contribution in [0.5, 0.6) is 11.5 Å². The first-order valence-corrected chi connectivity index (χ1v) is 10.3. The van der Waals surface area contributed by atoms with Crippen molar-refractivity contribution in [3.63, 3.8) is 0 Å². The Morgan fingerprint density at radius 3 is 2.27 bits per heavy atom. The zero-order valence-corrected chi connectivity index (χ0v) is 18.0. The van der Waals surface area contributed by atoms with Gasteiger partial charge in [-0.15, -0.1) is 0 Å². The second-order valence-corrected chi connectivity index (χ2v) is 7.67. The topological polar surface area (TPSA) is 21.7 Å². The molecular weight excluding hydrogens is 377 g/mol. The molecule has 0 saturated heterocycles. The molecule has 0 N–H and O–H groups in total. The highest BCUT2D eigenvalue weighted by Crippen LogP contribution is 2.30. The SMILES string of the molecule is COc1cc(CCc2ccc(-c3ccccc3OCCCN(C)C)cc2)ccc1F. The number of hydrogen-bond donors (Lipinski definition) is 0. The number of aryl methyl sites for hydroxylation is 2. The van der Waals surface area contributed by atoms with Gasteiger partial charge in [-0.3, -0.25) is 0 Å². The van der Waals surface area contributed by atoms with E-state index in [4.69, 9.17) is 9.47 Å². The molecule has 4 heteroatoms. The van der Waals surface area contributed by atoms with E-state index in [2.05, 4.69) is 49.3 Å². The summed E-state index contributed by atoms with van der Waals surface area (Å²) in [5.74, 6) is 0.889. The normalized spacial score (nSPS) is 11.0. The van der Waals surface area contributed by atoms with Crippen LogP contribution in [0.2, 0.25) is 0 Å². The predicted octanol–water partition coefficient (Wildman–Crippen LogP) is 5.62. The molecule has 0 atom stereocenters. The fraction of sp³-hybridized carbons (Fsp3) is 0.308. The van der Waals surface area contributed by atoms with E-state index in [0.29, 0.717) is 12.4 Å². The van der Waals surface area contributed by atoms with Crippen molar-refractivity contribution in [2.24, 2.45) is 0 Å². The minimum Gasteiger partial charge on any atom is -0.494 e. The summed E-state index contributed by atoms with van der Waals surface area (Å²) in [6, 6.07) is 21.8. The third-order valence-corrected chi connectivity index (χ3v) is 5.08. The first kappa shape index (κ1) is 21.8. The number of rotatable bonds is 10. The summed E-state index contributed by atoms with van der Waals surface area (Å²) in [6.45, 7) is 1.71. The van der Waals surface area contributed by atoms with Gasteiger partial charge in [0.05, 0.1) is 13.7 Å². The van der Waals surface area contributed by atoms with Crippen molar-refractivity contribution in [3.05, 3.63) is 83.7 Å². The molecule has 158 valence electrons. The van der Waals surface area contributed by atoms with E-state index in [-0.39, 0.29) is 5.82 Å². The Bertz CT molecular complexity index is 938. The molecule has 3 nitrogen and oxygen atoms in total. The molecule has 0 aliphatic heterocycles. The van der Waals surface area contributed by atoms with Crippen LogP contribution in [0, 0.1) is 5.82 Å². The molecule has 0 aliphatic carbocycles. The average molecular weight is 408 g/mol. The van der Waals surface area contributed by atoms with Crippen molar-refractivity contribution < 1.29 is 13.9 Å². The van der Waals surface area contributed by atoms with Crippen LogP contribution in [0.4, 0.5) is 4.39 Å². The van der Waals surface area contributed by atoms with Crippen molar-refractivity contribution in [1.82, 2.24) is 4.90 Å². The highest BCUT2D eigenvalue weighted by molar-refractivity contribution is 5.70. The van der Waals surface area contributed by atoms with Crippen molar-refractivity contribution in [2.45, 2.75) is 19.3 Å². The maximum atomic E-state index is 13.6. The summed E-state index contributed by atoms with van der Waals surface area (Å²) in [7, 11) is 5.63. The Balaban J connectivity index is 1.63. The van der Waals surface area contributed by atoms with Gasteiger partial charge in [-0.1, -0.05) is 48.5 Å². The summed E-state index contributed by atoms with van der Waals surface area (Å²) in [5.41, 5.74) is 4.56. The second kappa shape index (κ2) is 10.8. The summed E-state index contributed by atoms with van der Waals surface area (Å²) in [5, 5.41) is 0. The largest absolute Gasteiger partial charge is 0.494 e. The zero-order chi connectivity index (χ0) is 21.3. The number of hydrogen-bond acceptors (Lipinski definition) is 3. The van der Waals surface area contributed by atoms with E-state index >= 15 is 0 Å². The predicted molar refractivity (Wildman–Crippen MR) is 121 cm³/mol. The van der Waals surface area contributed by atoms with Crippen molar-refractivity contribution >= 4 is 0 Å². The quantitative estimate of drug-likeness (QED) is 0.407. The Labute approximate surface area is 179 Å². The molecule has 30 heavy (non-hydrogen) atoms.